The van der Waals surface area contributed by atoms with Crippen molar-refractivity contribution in [2.75, 3.05) is 17.1 Å². The molecular weight excluding hydrogens is 274 g/mol. The van der Waals surface area contributed by atoms with E-state index in [1.165, 1.54) is 0 Å². The monoisotopic (exact) mass is 295 g/mol. The number of sulfonamides is 1. The average Bonchev–Trinajstić information content (AvgIpc) is 2.26. The van der Waals surface area contributed by atoms with E-state index in [0.717, 1.165) is 5.56 Å². The van der Waals surface area contributed by atoms with E-state index in [-0.39, 0.29) is 17.8 Å². The Balaban J connectivity index is 2.99. The maximum absolute atomic E-state index is 12.0. The van der Waals surface area contributed by atoms with Crippen LogP contribution in [0.2, 0.25) is 0 Å². The molecule has 0 aliphatic carbocycles. The van der Waals surface area contributed by atoms with Crippen LogP contribution in [0.1, 0.15) is 31.9 Å². The summed E-state index contributed by atoms with van der Waals surface area (Å²) in [4.78, 5) is 0. The second-order valence-corrected chi connectivity index (χ2v) is 7.63. The van der Waals surface area contributed by atoms with Gasteiger partial charge in [-0.25, -0.2) is 8.42 Å². The van der Waals surface area contributed by atoms with E-state index in [9.17, 15) is 8.42 Å². The van der Waals surface area contributed by atoms with E-state index in [1.54, 1.807) is 18.2 Å². The Hall–Kier alpha value is -1.51. The standard InChI is InChI=1S/C15H21NO3S/c1-12-7-8-14(10-13(12)6-5-9-17)16-20(18,19)11-15(2,3)4/h7-8,10,16-17H,9,11H2,1-4H3. The lowest BCUT2D eigenvalue weighted by molar-refractivity contribution is 0.350. The molecule has 0 amide bonds. The molecule has 4 nitrogen and oxygen atoms in total. The number of benzene rings is 1. The third-order valence-corrected chi connectivity index (χ3v) is 4.23. The summed E-state index contributed by atoms with van der Waals surface area (Å²) < 4.78 is 26.6. The van der Waals surface area contributed by atoms with Gasteiger partial charge in [0.25, 0.3) is 0 Å². The lowest BCUT2D eigenvalue weighted by Gasteiger charge is -2.19. The Morgan fingerprint density at radius 1 is 1.30 bits per heavy atom. The zero-order chi connectivity index (χ0) is 15.4. The summed E-state index contributed by atoms with van der Waals surface area (Å²) in [6.07, 6.45) is 0. The summed E-state index contributed by atoms with van der Waals surface area (Å²) >= 11 is 0. The Morgan fingerprint density at radius 3 is 2.50 bits per heavy atom. The van der Waals surface area contributed by atoms with Gasteiger partial charge in [0.15, 0.2) is 0 Å². The van der Waals surface area contributed by atoms with Crippen LogP contribution in [0, 0.1) is 24.2 Å². The third-order valence-electron chi connectivity index (χ3n) is 2.44. The summed E-state index contributed by atoms with van der Waals surface area (Å²) in [5.74, 6) is 5.41. The molecule has 2 N–H and O–H groups in total. The number of hydrogen-bond acceptors (Lipinski definition) is 3. The van der Waals surface area contributed by atoms with Crippen molar-refractivity contribution in [2.45, 2.75) is 27.7 Å². The van der Waals surface area contributed by atoms with Crippen molar-refractivity contribution < 1.29 is 13.5 Å². The van der Waals surface area contributed by atoms with Crippen molar-refractivity contribution in [2.24, 2.45) is 5.41 Å². The predicted molar refractivity (Wildman–Crippen MR) is 82.0 cm³/mol. The van der Waals surface area contributed by atoms with Gasteiger partial charge in [-0.3, -0.25) is 4.72 Å². The fraction of sp³-hybridized carbons (Fsp3) is 0.467. The van der Waals surface area contributed by atoms with Gasteiger partial charge < -0.3 is 5.11 Å². The lowest BCUT2D eigenvalue weighted by Crippen LogP contribution is -2.26. The fourth-order valence-corrected chi connectivity index (χ4v) is 3.44. The Labute approximate surface area is 121 Å². The van der Waals surface area contributed by atoms with Crippen molar-refractivity contribution in [3.63, 3.8) is 0 Å². The minimum Gasteiger partial charge on any atom is -0.384 e. The second kappa shape index (κ2) is 6.29. The minimum atomic E-state index is -3.39. The molecular formula is C15H21NO3S. The lowest BCUT2D eigenvalue weighted by atomic mass is 10.0. The SMILES string of the molecule is Cc1ccc(NS(=O)(=O)CC(C)(C)C)cc1C#CCO. The molecule has 1 aromatic rings. The smallest absolute Gasteiger partial charge is 0.233 e. The number of aliphatic hydroxyl groups excluding tert-OH is 1. The second-order valence-electron chi connectivity index (χ2n) is 5.91. The van der Waals surface area contributed by atoms with E-state index in [4.69, 9.17) is 5.11 Å². The molecule has 1 rings (SSSR count). The van der Waals surface area contributed by atoms with Crippen molar-refractivity contribution in [1.29, 1.82) is 0 Å². The van der Waals surface area contributed by atoms with Gasteiger partial charge >= 0.3 is 0 Å². The summed E-state index contributed by atoms with van der Waals surface area (Å²) in [7, 11) is -3.39. The van der Waals surface area contributed by atoms with Gasteiger partial charge in [0.05, 0.1) is 5.75 Å². The molecule has 0 aliphatic heterocycles. The first kappa shape index (κ1) is 16.5. The first-order chi connectivity index (χ1) is 9.13. The summed E-state index contributed by atoms with van der Waals surface area (Å²) in [6, 6.07) is 5.19. The summed E-state index contributed by atoms with van der Waals surface area (Å²) in [5.41, 5.74) is 1.82. The molecule has 0 radical (unpaired) electrons. The normalized spacial score (nSPS) is 11.7. The van der Waals surface area contributed by atoms with E-state index in [1.807, 2.05) is 27.7 Å². The predicted octanol–water partition coefficient (Wildman–Crippen LogP) is 2.13. The van der Waals surface area contributed by atoms with Crippen LogP contribution in [0.25, 0.3) is 0 Å². The van der Waals surface area contributed by atoms with Gasteiger partial charge in [-0.1, -0.05) is 38.7 Å². The number of aliphatic hydroxyl groups is 1. The van der Waals surface area contributed by atoms with Crippen LogP contribution >= 0.6 is 0 Å². The minimum absolute atomic E-state index is 0.0472. The highest BCUT2D eigenvalue weighted by molar-refractivity contribution is 7.92. The largest absolute Gasteiger partial charge is 0.384 e. The average molecular weight is 295 g/mol. The topological polar surface area (TPSA) is 66.4 Å². The van der Waals surface area contributed by atoms with Crippen LogP contribution in [0.5, 0.6) is 0 Å². The quantitative estimate of drug-likeness (QED) is 0.840. The third kappa shape index (κ3) is 5.64. The molecule has 1 aromatic carbocycles. The van der Waals surface area contributed by atoms with Crippen LogP contribution in [-0.4, -0.2) is 25.9 Å². The molecule has 0 unspecified atom stereocenters. The van der Waals surface area contributed by atoms with Crippen LogP contribution in [-0.2, 0) is 10.0 Å². The number of hydrogen-bond donors (Lipinski definition) is 2. The van der Waals surface area contributed by atoms with E-state index in [0.29, 0.717) is 11.3 Å². The first-order valence-electron chi connectivity index (χ1n) is 6.34. The number of nitrogens with one attached hydrogen (secondary N) is 1. The molecule has 5 heteroatoms. The van der Waals surface area contributed by atoms with Crippen molar-refractivity contribution >= 4 is 15.7 Å². The summed E-state index contributed by atoms with van der Waals surface area (Å²) in [6.45, 7) is 7.28. The maximum Gasteiger partial charge on any atom is 0.233 e. The maximum atomic E-state index is 12.0. The van der Waals surface area contributed by atoms with Gasteiger partial charge in [-0.05, 0) is 30.0 Å². The Morgan fingerprint density at radius 2 is 1.95 bits per heavy atom. The Kier molecular flexibility index (Phi) is 5.21. The van der Waals surface area contributed by atoms with Crippen LogP contribution in [0.4, 0.5) is 5.69 Å². The molecule has 20 heavy (non-hydrogen) atoms. The zero-order valence-electron chi connectivity index (χ0n) is 12.3. The van der Waals surface area contributed by atoms with E-state index >= 15 is 0 Å². The Bertz CT molecular complexity index is 631. The number of aryl methyl sites for hydroxylation is 1. The zero-order valence-corrected chi connectivity index (χ0v) is 13.1. The molecule has 0 saturated heterocycles. The van der Waals surface area contributed by atoms with Crippen LogP contribution in [0.3, 0.4) is 0 Å². The van der Waals surface area contributed by atoms with Gasteiger partial charge in [0.2, 0.25) is 10.0 Å². The van der Waals surface area contributed by atoms with Gasteiger partial charge in [0, 0.05) is 11.3 Å². The van der Waals surface area contributed by atoms with Crippen LogP contribution in [0.15, 0.2) is 18.2 Å². The molecule has 0 aromatic heterocycles. The summed E-state index contributed by atoms with van der Waals surface area (Å²) in [5, 5.41) is 8.72. The van der Waals surface area contributed by atoms with Gasteiger partial charge in [-0.15, -0.1) is 0 Å². The highest BCUT2D eigenvalue weighted by Gasteiger charge is 2.21. The molecule has 0 saturated carbocycles. The van der Waals surface area contributed by atoms with Crippen molar-refractivity contribution in [3.05, 3.63) is 29.3 Å². The van der Waals surface area contributed by atoms with E-state index < -0.39 is 10.0 Å². The molecule has 0 aliphatic rings. The number of rotatable bonds is 3. The van der Waals surface area contributed by atoms with Crippen molar-refractivity contribution in [1.82, 2.24) is 0 Å². The highest BCUT2D eigenvalue weighted by atomic mass is 32.2. The van der Waals surface area contributed by atoms with Gasteiger partial charge in [-0.2, -0.15) is 0 Å². The molecule has 0 fully saturated rings. The number of anilines is 1. The van der Waals surface area contributed by atoms with Crippen molar-refractivity contribution in [3.8, 4) is 11.8 Å². The highest BCUT2D eigenvalue weighted by Crippen LogP contribution is 2.20. The molecule has 0 bridgehead atoms. The van der Waals surface area contributed by atoms with E-state index in [2.05, 4.69) is 16.6 Å². The molecule has 110 valence electrons. The first-order valence-corrected chi connectivity index (χ1v) is 7.99. The molecule has 0 atom stereocenters. The van der Waals surface area contributed by atoms with Crippen LogP contribution < -0.4 is 4.72 Å². The molecule has 0 spiro atoms. The van der Waals surface area contributed by atoms with Gasteiger partial charge in [0.1, 0.15) is 6.61 Å². The molecule has 0 heterocycles. The fourth-order valence-electron chi connectivity index (χ4n) is 1.74.